The van der Waals surface area contributed by atoms with Crippen LogP contribution < -0.4 is 4.74 Å². The molecule has 1 aromatic heterocycles. The predicted octanol–water partition coefficient (Wildman–Crippen LogP) is 5.20. The third-order valence-corrected chi connectivity index (χ3v) is 6.51. The highest BCUT2D eigenvalue weighted by Crippen LogP contribution is 2.29. The monoisotopic (exact) mass is 519 g/mol. The summed E-state index contributed by atoms with van der Waals surface area (Å²) in [6, 6.07) is 6.06. The summed E-state index contributed by atoms with van der Waals surface area (Å²) in [6.07, 6.45) is 1.79. The highest BCUT2D eigenvalue weighted by molar-refractivity contribution is 14.1. The number of aromatic nitrogens is 1. The first kappa shape index (κ1) is 15.6. The molecule has 102 valence electrons. The molecule has 0 spiro atoms. The Morgan fingerprint density at radius 1 is 1.47 bits per heavy atom. The van der Waals surface area contributed by atoms with Gasteiger partial charge in [0.25, 0.3) is 4.84 Å². The number of ether oxygens (including phenoxy) is 1. The summed E-state index contributed by atoms with van der Waals surface area (Å²) in [4.78, 5) is 3.26. The lowest BCUT2D eigenvalue weighted by molar-refractivity contribution is 0.305. The molecule has 0 bridgehead atoms. The maximum atomic E-state index is 5.93. The average molecular weight is 519 g/mol. The van der Waals surface area contributed by atoms with Crippen molar-refractivity contribution in [2.24, 2.45) is 0 Å². The maximum absolute atomic E-state index is 5.93. The van der Waals surface area contributed by atoms with Crippen LogP contribution in [-0.4, -0.2) is 10.4 Å². The Bertz CT molecular complexity index is 612. The first-order valence-electron chi connectivity index (χ1n) is 5.46. The second-order valence-corrected chi connectivity index (χ2v) is 7.59. The highest BCUT2D eigenvalue weighted by atomic mass is 127. The minimum Gasteiger partial charge on any atom is -0.479 e. The Labute approximate surface area is 148 Å². The predicted molar refractivity (Wildman–Crippen MR) is 97.2 cm³/mol. The van der Waals surface area contributed by atoms with Crippen molar-refractivity contribution in [1.29, 1.82) is 0 Å². The number of thioether (sulfide) groups is 1. The Hall–Kier alpha value is 0.260. The van der Waals surface area contributed by atoms with E-state index in [9.17, 15) is 0 Å². The fourth-order valence-electron chi connectivity index (χ4n) is 1.38. The van der Waals surface area contributed by atoms with Crippen molar-refractivity contribution in [2.75, 3.05) is 0 Å². The molecular formula is C12H11I2NO2S2. The number of hydrogen-bond acceptors (Lipinski definition) is 4. The fraction of sp³-hybridized carbons (Fsp3) is 0.250. The molecule has 0 radical (unpaired) electrons. The molecule has 1 unspecified atom stereocenters. The molecule has 7 heteroatoms. The topological polar surface area (TPSA) is 38.2 Å². The number of halogens is 2. The van der Waals surface area contributed by atoms with Gasteiger partial charge >= 0.3 is 0 Å². The van der Waals surface area contributed by atoms with Crippen LogP contribution in [0.1, 0.15) is 12.7 Å². The quantitative estimate of drug-likeness (QED) is 0.335. The van der Waals surface area contributed by atoms with Crippen LogP contribution in [0, 0.1) is 12.0 Å². The summed E-state index contributed by atoms with van der Waals surface area (Å²) >= 11 is 11.2. The van der Waals surface area contributed by atoms with Gasteiger partial charge in [-0.05, 0) is 76.5 Å². The summed E-state index contributed by atoms with van der Waals surface area (Å²) in [5, 5.41) is 0. The largest absolute Gasteiger partial charge is 0.479 e. The van der Waals surface area contributed by atoms with Gasteiger partial charge in [-0.15, -0.1) is 11.8 Å². The zero-order valence-electron chi connectivity index (χ0n) is 9.98. The Balaban J connectivity index is 1.92. The van der Waals surface area contributed by atoms with Crippen molar-refractivity contribution in [3.05, 3.63) is 42.1 Å². The summed E-state index contributed by atoms with van der Waals surface area (Å²) in [6.45, 7) is 2.03. The molecule has 0 amide bonds. The van der Waals surface area contributed by atoms with Crippen molar-refractivity contribution >= 4 is 69.2 Å². The van der Waals surface area contributed by atoms with Gasteiger partial charge in [0.2, 0.25) is 0 Å². The molecule has 0 aliphatic heterocycles. The van der Waals surface area contributed by atoms with Gasteiger partial charge in [-0.1, -0.05) is 6.07 Å². The molecule has 1 heterocycles. The van der Waals surface area contributed by atoms with E-state index in [4.69, 9.17) is 21.4 Å². The standard InChI is InChI=1S/C12H11I2NO2S2/c1-7(19-6-8-5-15-12(18)17-8)16-10-4-2-3-9(13)11(10)14/h2-5,7H,6H2,1H3,(H,15,18). The van der Waals surface area contributed by atoms with Crippen LogP contribution in [0.15, 0.2) is 28.8 Å². The molecule has 2 aromatic rings. The number of oxazole rings is 1. The van der Waals surface area contributed by atoms with E-state index >= 15 is 0 Å². The van der Waals surface area contributed by atoms with Crippen LogP contribution in [-0.2, 0) is 5.75 Å². The van der Waals surface area contributed by atoms with Gasteiger partial charge in [0.15, 0.2) is 0 Å². The average Bonchev–Trinajstić information content (AvgIpc) is 2.78. The molecule has 1 atom stereocenters. The third kappa shape index (κ3) is 4.64. The van der Waals surface area contributed by atoms with E-state index in [0.29, 0.717) is 4.84 Å². The Morgan fingerprint density at radius 2 is 2.26 bits per heavy atom. The summed E-state index contributed by atoms with van der Waals surface area (Å²) in [7, 11) is 0. The first-order valence-corrected chi connectivity index (χ1v) is 9.07. The molecule has 1 N–H and O–H groups in total. The molecule has 0 aliphatic rings. The molecular weight excluding hydrogens is 508 g/mol. The van der Waals surface area contributed by atoms with Gasteiger partial charge in [-0.25, -0.2) is 0 Å². The van der Waals surface area contributed by atoms with E-state index in [-0.39, 0.29) is 5.44 Å². The van der Waals surface area contributed by atoms with E-state index in [1.54, 1.807) is 18.0 Å². The van der Waals surface area contributed by atoms with E-state index in [1.165, 1.54) is 3.57 Å². The van der Waals surface area contributed by atoms with Crippen LogP contribution in [0.4, 0.5) is 0 Å². The molecule has 0 saturated heterocycles. The van der Waals surface area contributed by atoms with Crippen LogP contribution >= 0.6 is 69.2 Å². The van der Waals surface area contributed by atoms with Crippen LogP contribution in [0.3, 0.4) is 0 Å². The van der Waals surface area contributed by atoms with Crippen molar-refractivity contribution < 1.29 is 9.15 Å². The number of H-pyrrole nitrogens is 1. The summed E-state index contributed by atoms with van der Waals surface area (Å²) < 4.78 is 13.6. The summed E-state index contributed by atoms with van der Waals surface area (Å²) in [5.74, 6) is 2.49. The van der Waals surface area contributed by atoms with Crippen LogP contribution in [0.5, 0.6) is 5.75 Å². The van der Waals surface area contributed by atoms with E-state index < -0.39 is 0 Å². The third-order valence-electron chi connectivity index (χ3n) is 2.24. The smallest absolute Gasteiger partial charge is 0.266 e. The number of nitrogens with one attached hydrogen (secondary N) is 1. The highest BCUT2D eigenvalue weighted by Gasteiger charge is 2.10. The van der Waals surface area contributed by atoms with Crippen LogP contribution in [0.25, 0.3) is 0 Å². The van der Waals surface area contributed by atoms with Crippen molar-refractivity contribution in [1.82, 2.24) is 4.98 Å². The zero-order valence-corrected chi connectivity index (χ0v) is 15.9. The van der Waals surface area contributed by atoms with Gasteiger partial charge in [0.1, 0.15) is 16.9 Å². The second-order valence-electron chi connectivity index (χ2n) is 3.69. The van der Waals surface area contributed by atoms with Crippen molar-refractivity contribution in [3.8, 4) is 5.75 Å². The first-order chi connectivity index (χ1) is 9.06. The molecule has 0 fully saturated rings. The lowest BCUT2D eigenvalue weighted by Crippen LogP contribution is -2.08. The lowest BCUT2D eigenvalue weighted by atomic mass is 10.3. The molecule has 2 rings (SSSR count). The van der Waals surface area contributed by atoms with Crippen molar-refractivity contribution in [3.63, 3.8) is 0 Å². The zero-order chi connectivity index (χ0) is 13.8. The molecule has 1 aromatic carbocycles. The van der Waals surface area contributed by atoms with Gasteiger partial charge < -0.3 is 14.1 Å². The van der Waals surface area contributed by atoms with E-state index in [1.807, 2.05) is 19.1 Å². The number of hydrogen-bond donors (Lipinski definition) is 1. The minimum absolute atomic E-state index is 0.0467. The number of rotatable bonds is 5. The molecule has 0 saturated carbocycles. The number of aromatic amines is 1. The maximum Gasteiger partial charge on any atom is 0.266 e. The van der Waals surface area contributed by atoms with E-state index in [2.05, 4.69) is 56.2 Å². The Morgan fingerprint density at radius 3 is 2.95 bits per heavy atom. The van der Waals surface area contributed by atoms with Crippen molar-refractivity contribution in [2.45, 2.75) is 18.1 Å². The molecule has 0 aliphatic carbocycles. The molecule has 19 heavy (non-hydrogen) atoms. The van der Waals surface area contributed by atoms with Crippen LogP contribution in [0.2, 0.25) is 0 Å². The second kappa shape index (κ2) is 7.32. The normalized spacial score (nSPS) is 12.4. The van der Waals surface area contributed by atoms with Gasteiger partial charge in [0, 0.05) is 9.77 Å². The van der Waals surface area contributed by atoms with Gasteiger partial charge in [-0.3, -0.25) is 0 Å². The Kier molecular flexibility index (Phi) is 6.03. The van der Waals surface area contributed by atoms with Gasteiger partial charge in [-0.2, -0.15) is 0 Å². The summed E-state index contributed by atoms with van der Waals surface area (Å²) in [5.41, 5.74) is 0.0467. The van der Waals surface area contributed by atoms with Gasteiger partial charge in [0.05, 0.1) is 9.32 Å². The SMILES string of the molecule is CC(Oc1cccc(I)c1I)SCc1c[nH]c(=S)o1. The molecule has 3 nitrogen and oxygen atoms in total. The number of benzene rings is 1. The fourth-order valence-corrected chi connectivity index (χ4v) is 3.21. The lowest BCUT2D eigenvalue weighted by Gasteiger charge is -2.15. The minimum atomic E-state index is 0.0467. The van der Waals surface area contributed by atoms with E-state index in [0.717, 1.165) is 20.8 Å².